The molecule has 9 heteroatoms. The molecule has 0 bridgehead atoms. The van der Waals surface area contributed by atoms with Crippen LogP contribution >= 0.6 is 11.8 Å². The van der Waals surface area contributed by atoms with Crippen molar-refractivity contribution < 1.29 is 9.59 Å². The molecule has 4 aromatic rings. The number of carbonyl (C=O) groups excluding carboxylic acids is 2. The Kier molecular flexibility index (Phi) is 6.69. The molecule has 0 fully saturated rings. The first-order chi connectivity index (χ1) is 15.9. The SMILES string of the molecule is Cc1cc(C)n2nc(SCC(=O)Nc3ccccc3C(=O)NC(C)c3ccccc3)nc2n1. The zero-order chi connectivity index (χ0) is 23.4. The molecule has 2 N–H and O–H groups in total. The van der Waals surface area contributed by atoms with Crippen LogP contribution in [0.2, 0.25) is 0 Å². The second-order valence-electron chi connectivity index (χ2n) is 7.63. The second-order valence-corrected chi connectivity index (χ2v) is 8.58. The van der Waals surface area contributed by atoms with Gasteiger partial charge in [-0.05, 0) is 44.5 Å². The summed E-state index contributed by atoms with van der Waals surface area (Å²) in [5.41, 5.74) is 3.64. The normalized spacial score (nSPS) is 11.8. The largest absolute Gasteiger partial charge is 0.345 e. The van der Waals surface area contributed by atoms with E-state index in [0.29, 0.717) is 22.2 Å². The molecule has 2 aromatic heterocycles. The van der Waals surface area contributed by atoms with Gasteiger partial charge in [-0.25, -0.2) is 9.50 Å². The number of fused-ring (bicyclic) bond motifs is 1. The highest BCUT2D eigenvalue weighted by Gasteiger charge is 2.17. The fraction of sp³-hybridized carbons (Fsp3) is 0.208. The van der Waals surface area contributed by atoms with Crippen LogP contribution in [-0.2, 0) is 4.79 Å². The van der Waals surface area contributed by atoms with Crippen molar-refractivity contribution in [3.63, 3.8) is 0 Å². The molecule has 2 aromatic carbocycles. The first kappa shape index (κ1) is 22.5. The van der Waals surface area contributed by atoms with Gasteiger partial charge in [0, 0.05) is 11.4 Å². The van der Waals surface area contributed by atoms with Gasteiger partial charge in [0.2, 0.25) is 11.1 Å². The lowest BCUT2D eigenvalue weighted by atomic mass is 10.1. The molecule has 168 valence electrons. The van der Waals surface area contributed by atoms with E-state index in [4.69, 9.17) is 0 Å². The van der Waals surface area contributed by atoms with E-state index in [1.807, 2.05) is 57.2 Å². The summed E-state index contributed by atoms with van der Waals surface area (Å²) in [4.78, 5) is 34.2. The number of hydrogen-bond acceptors (Lipinski definition) is 6. The van der Waals surface area contributed by atoms with E-state index in [9.17, 15) is 9.59 Å². The van der Waals surface area contributed by atoms with Gasteiger partial charge in [0.25, 0.3) is 11.7 Å². The minimum Gasteiger partial charge on any atom is -0.345 e. The van der Waals surface area contributed by atoms with Crippen molar-refractivity contribution >= 4 is 35.0 Å². The maximum Gasteiger partial charge on any atom is 0.253 e. The molecule has 1 atom stereocenters. The molecule has 33 heavy (non-hydrogen) atoms. The van der Waals surface area contributed by atoms with Crippen LogP contribution in [0.4, 0.5) is 5.69 Å². The summed E-state index contributed by atoms with van der Waals surface area (Å²) in [6.45, 7) is 5.75. The van der Waals surface area contributed by atoms with Crippen LogP contribution in [0, 0.1) is 13.8 Å². The van der Waals surface area contributed by atoms with E-state index in [2.05, 4.69) is 25.7 Å². The zero-order valence-corrected chi connectivity index (χ0v) is 19.4. The minimum absolute atomic E-state index is 0.102. The van der Waals surface area contributed by atoms with Gasteiger partial charge < -0.3 is 10.6 Å². The molecule has 0 aliphatic rings. The average Bonchev–Trinajstić information content (AvgIpc) is 3.22. The predicted molar refractivity (Wildman–Crippen MR) is 128 cm³/mol. The minimum atomic E-state index is -0.256. The Morgan fingerprint density at radius 1 is 1.03 bits per heavy atom. The summed E-state index contributed by atoms with van der Waals surface area (Å²) >= 11 is 1.21. The molecule has 8 nitrogen and oxygen atoms in total. The Hall–Kier alpha value is -3.72. The van der Waals surface area contributed by atoms with E-state index in [1.165, 1.54) is 11.8 Å². The van der Waals surface area contributed by atoms with Gasteiger partial charge in [-0.3, -0.25) is 9.59 Å². The van der Waals surface area contributed by atoms with Crippen LogP contribution in [0.3, 0.4) is 0 Å². The number of benzene rings is 2. The molecule has 4 rings (SSSR count). The number of thioether (sulfide) groups is 1. The van der Waals surface area contributed by atoms with Gasteiger partial charge in [0.15, 0.2) is 0 Å². The smallest absolute Gasteiger partial charge is 0.253 e. The van der Waals surface area contributed by atoms with Crippen molar-refractivity contribution in [2.45, 2.75) is 32.0 Å². The molecule has 0 saturated carbocycles. The first-order valence-electron chi connectivity index (χ1n) is 10.5. The Morgan fingerprint density at radius 3 is 2.55 bits per heavy atom. The zero-order valence-electron chi connectivity index (χ0n) is 18.6. The van der Waals surface area contributed by atoms with Gasteiger partial charge in [-0.15, -0.1) is 5.10 Å². The molecule has 0 aliphatic heterocycles. The number of anilines is 1. The molecular weight excluding hydrogens is 436 g/mol. The molecule has 0 radical (unpaired) electrons. The number of rotatable bonds is 7. The van der Waals surface area contributed by atoms with E-state index < -0.39 is 0 Å². The average molecular weight is 461 g/mol. The maximum absolute atomic E-state index is 12.9. The molecule has 1 unspecified atom stereocenters. The van der Waals surface area contributed by atoms with Gasteiger partial charge in [0.1, 0.15) is 0 Å². The van der Waals surface area contributed by atoms with Crippen molar-refractivity contribution in [3.8, 4) is 0 Å². The highest BCUT2D eigenvalue weighted by Crippen LogP contribution is 2.20. The fourth-order valence-electron chi connectivity index (χ4n) is 3.42. The van der Waals surface area contributed by atoms with Crippen molar-refractivity contribution in [1.29, 1.82) is 0 Å². The fourth-order valence-corrected chi connectivity index (χ4v) is 4.03. The van der Waals surface area contributed by atoms with Crippen molar-refractivity contribution in [2.75, 3.05) is 11.1 Å². The molecule has 2 amide bonds. The molecule has 0 spiro atoms. The monoisotopic (exact) mass is 460 g/mol. The number of aromatic nitrogens is 4. The highest BCUT2D eigenvalue weighted by molar-refractivity contribution is 7.99. The maximum atomic E-state index is 12.9. The topological polar surface area (TPSA) is 101 Å². The van der Waals surface area contributed by atoms with Crippen LogP contribution in [0.25, 0.3) is 5.78 Å². The van der Waals surface area contributed by atoms with Crippen molar-refractivity contribution in [1.82, 2.24) is 24.9 Å². The van der Waals surface area contributed by atoms with E-state index in [1.54, 1.807) is 28.8 Å². The van der Waals surface area contributed by atoms with Crippen molar-refractivity contribution in [2.24, 2.45) is 0 Å². The van der Waals surface area contributed by atoms with Crippen LogP contribution < -0.4 is 10.6 Å². The third kappa shape index (κ3) is 5.38. The van der Waals surface area contributed by atoms with Gasteiger partial charge in [-0.2, -0.15) is 4.98 Å². The van der Waals surface area contributed by atoms with E-state index in [0.717, 1.165) is 17.0 Å². The lowest BCUT2D eigenvalue weighted by Gasteiger charge is -2.16. The lowest BCUT2D eigenvalue weighted by molar-refractivity contribution is -0.113. The summed E-state index contributed by atoms with van der Waals surface area (Å²) in [5.74, 6) is 0.0977. The molecule has 2 heterocycles. The summed E-state index contributed by atoms with van der Waals surface area (Å²) in [7, 11) is 0. The number of amides is 2. The van der Waals surface area contributed by atoms with Gasteiger partial charge in [-0.1, -0.05) is 54.2 Å². The Morgan fingerprint density at radius 2 is 1.76 bits per heavy atom. The Bertz CT molecular complexity index is 1310. The number of carbonyl (C=O) groups is 2. The van der Waals surface area contributed by atoms with E-state index >= 15 is 0 Å². The number of hydrogen-bond donors (Lipinski definition) is 2. The standard InChI is InChI=1S/C24H24N6O2S/c1-15-13-16(2)30-23(25-15)28-24(29-30)33-14-21(31)27-20-12-8-7-11-19(20)22(32)26-17(3)18-9-5-4-6-10-18/h4-13,17H,14H2,1-3H3,(H,26,32)(H,27,31). The number of nitrogens with zero attached hydrogens (tertiary/aromatic N) is 4. The summed E-state index contributed by atoms with van der Waals surface area (Å²) in [5, 5.41) is 10.7. The Labute approximate surface area is 195 Å². The van der Waals surface area contributed by atoms with Crippen LogP contribution in [0.1, 0.15) is 40.3 Å². The quantitative estimate of drug-likeness (QED) is 0.405. The van der Waals surface area contributed by atoms with Gasteiger partial charge in [0.05, 0.1) is 23.0 Å². The van der Waals surface area contributed by atoms with Crippen LogP contribution in [0.15, 0.2) is 65.8 Å². The highest BCUT2D eigenvalue weighted by atomic mass is 32.2. The Balaban J connectivity index is 1.40. The predicted octanol–water partition coefficient (Wildman–Crippen LogP) is 3.96. The third-order valence-corrected chi connectivity index (χ3v) is 5.86. The lowest BCUT2D eigenvalue weighted by Crippen LogP contribution is -2.28. The van der Waals surface area contributed by atoms with E-state index in [-0.39, 0.29) is 23.6 Å². The number of nitrogens with one attached hydrogen (secondary N) is 2. The second kappa shape index (κ2) is 9.83. The summed E-state index contributed by atoms with van der Waals surface area (Å²) < 4.78 is 1.65. The van der Waals surface area contributed by atoms with Crippen molar-refractivity contribution in [3.05, 3.63) is 83.2 Å². The molecule has 0 saturated heterocycles. The number of para-hydroxylation sites is 1. The first-order valence-corrected chi connectivity index (χ1v) is 11.5. The number of aryl methyl sites for hydroxylation is 2. The van der Waals surface area contributed by atoms with Crippen LogP contribution in [0.5, 0.6) is 0 Å². The molecular formula is C24H24N6O2S. The summed E-state index contributed by atoms with van der Waals surface area (Å²) in [6, 6.07) is 18.4. The van der Waals surface area contributed by atoms with Gasteiger partial charge >= 0.3 is 0 Å². The van der Waals surface area contributed by atoms with Crippen LogP contribution in [-0.4, -0.2) is 37.1 Å². The third-order valence-electron chi connectivity index (χ3n) is 5.02. The summed E-state index contributed by atoms with van der Waals surface area (Å²) in [6.07, 6.45) is 0. The molecule has 0 aliphatic carbocycles.